The van der Waals surface area contributed by atoms with E-state index < -0.39 is 0 Å². The summed E-state index contributed by atoms with van der Waals surface area (Å²) in [6.45, 7) is 2.01. The van der Waals surface area contributed by atoms with Gasteiger partial charge in [-0.15, -0.1) is 0 Å². The molecule has 130 valence electrons. The summed E-state index contributed by atoms with van der Waals surface area (Å²) in [5.74, 6) is 0.773. The van der Waals surface area contributed by atoms with Gasteiger partial charge in [-0.25, -0.2) is 4.98 Å². The minimum Gasteiger partial charge on any atom is -0.483 e. The van der Waals surface area contributed by atoms with Gasteiger partial charge in [-0.2, -0.15) is 5.10 Å². The predicted octanol–water partition coefficient (Wildman–Crippen LogP) is 1.54. The van der Waals surface area contributed by atoms with Crippen LogP contribution in [0.1, 0.15) is 5.56 Å². The van der Waals surface area contributed by atoms with Crippen molar-refractivity contribution in [1.29, 1.82) is 0 Å². The Labute approximate surface area is 146 Å². The Morgan fingerprint density at radius 2 is 2.16 bits per heavy atom. The molecule has 0 radical (unpaired) electrons. The number of aryl methyl sites for hydroxylation is 1. The summed E-state index contributed by atoms with van der Waals surface area (Å²) in [6.07, 6.45) is 9.09. The molecule has 7 nitrogen and oxygen atoms in total. The highest BCUT2D eigenvalue weighted by molar-refractivity contribution is 5.34. The molecular weight excluding hydrogens is 318 g/mol. The minimum atomic E-state index is -0.00516. The third kappa shape index (κ3) is 3.72. The predicted molar refractivity (Wildman–Crippen MR) is 92.6 cm³/mol. The van der Waals surface area contributed by atoms with Crippen molar-refractivity contribution < 1.29 is 9.47 Å². The Bertz CT molecular complexity index is 797. The molecule has 4 rings (SSSR count). The van der Waals surface area contributed by atoms with E-state index in [4.69, 9.17) is 9.47 Å². The lowest BCUT2D eigenvalue weighted by Gasteiger charge is -2.19. The summed E-state index contributed by atoms with van der Waals surface area (Å²) >= 11 is 0. The maximum atomic E-state index is 5.98. The zero-order valence-corrected chi connectivity index (χ0v) is 14.1. The van der Waals surface area contributed by atoms with Gasteiger partial charge in [-0.1, -0.05) is 12.1 Å². The molecule has 25 heavy (non-hydrogen) atoms. The van der Waals surface area contributed by atoms with Crippen LogP contribution in [0.2, 0.25) is 0 Å². The first-order chi connectivity index (χ1) is 12.3. The third-order valence-corrected chi connectivity index (χ3v) is 4.30. The number of rotatable bonds is 6. The molecule has 2 aromatic heterocycles. The lowest BCUT2D eigenvalue weighted by atomic mass is 10.1. The van der Waals surface area contributed by atoms with Gasteiger partial charge in [-0.3, -0.25) is 4.68 Å². The van der Waals surface area contributed by atoms with Crippen LogP contribution in [0.3, 0.4) is 0 Å². The van der Waals surface area contributed by atoms with Gasteiger partial charge >= 0.3 is 0 Å². The highest BCUT2D eigenvalue weighted by Gasteiger charge is 2.29. The average Bonchev–Trinajstić information content (AvgIpc) is 3.37. The van der Waals surface area contributed by atoms with E-state index in [-0.39, 0.29) is 12.1 Å². The van der Waals surface area contributed by atoms with E-state index in [1.165, 1.54) is 5.56 Å². The lowest BCUT2D eigenvalue weighted by molar-refractivity contribution is 0.139. The van der Waals surface area contributed by atoms with Crippen LogP contribution < -0.4 is 10.1 Å². The van der Waals surface area contributed by atoms with Gasteiger partial charge in [0.1, 0.15) is 6.10 Å². The van der Waals surface area contributed by atoms with Gasteiger partial charge in [0.05, 0.1) is 38.0 Å². The molecule has 1 fully saturated rings. The maximum absolute atomic E-state index is 5.98. The van der Waals surface area contributed by atoms with Crippen molar-refractivity contribution in [2.24, 2.45) is 7.05 Å². The van der Waals surface area contributed by atoms with Crippen LogP contribution in [-0.2, 0) is 18.3 Å². The molecular formula is C18H21N5O2. The molecule has 0 aliphatic carbocycles. The van der Waals surface area contributed by atoms with E-state index in [9.17, 15) is 0 Å². The SMILES string of the molecule is Cn1cc(O[C@@H]2COC[C@@H]2NCc2ccc(-n3ccnc3)cc2)cn1. The number of imidazole rings is 1. The van der Waals surface area contributed by atoms with Crippen molar-refractivity contribution in [2.45, 2.75) is 18.7 Å². The highest BCUT2D eigenvalue weighted by Crippen LogP contribution is 2.17. The molecule has 0 unspecified atom stereocenters. The van der Waals surface area contributed by atoms with Crippen LogP contribution in [-0.4, -0.2) is 44.7 Å². The average molecular weight is 339 g/mol. The zero-order valence-electron chi connectivity index (χ0n) is 14.1. The van der Waals surface area contributed by atoms with Gasteiger partial charge < -0.3 is 19.4 Å². The van der Waals surface area contributed by atoms with Crippen molar-refractivity contribution in [2.75, 3.05) is 13.2 Å². The molecule has 1 N–H and O–H groups in total. The van der Waals surface area contributed by atoms with E-state index in [1.807, 2.05) is 24.0 Å². The van der Waals surface area contributed by atoms with Crippen molar-refractivity contribution in [3.8, 4) is 11.4 Å². The summed E-state index contributed by atoms with van der Waals surface area (Å²) in [4.78, 5) is 4.07. The second-order valence-electron chi connectivity index (χ2n) is 6.17. The Balaban J connectivity index is 1.34. The van der Waals surface area contributed by atoms with Crippen LogP contribution >= 0.6 is 0 Å². The van der Waals surface area contributed by atoms with Crippen LogP contribution in [0.15, 0.2) is 55.4 Å². The number of hydrogen-bond acceptors (Lipinski definition) is 5. The summed E-state index contributed by atoms with van der Waals surface area (Å²) < 4.78 is 15.3. The van der Waals surface area contributed by atoms with E-state index >= 15 is 0 Å². The molecule has 0 amide bonds. The van der Waals surface area contributed by atoms with Crippen LogP contribution in [0.5, 0.6) is 5.75 Å². The van der Waals surface area contributed by atoms with Gasteiger partial charge in [0.2, 0.25) is 0 Å². The van der Waals surface area contributed by atoms with Gasteiger partial charge in [0.15, 0.2) is 5.75 Å². The minimum absolute atomic E-state index is 0.00516. The molecule has 1 saturated heterocycles. The maximum Gasteiger partial charge on any atom is 0.157 e. The molecule has 1 aliphatic heterocycles. The summed E-state index contributed by atoms with van der Waals surface area (Å²) in [5.41, 5.74) is 2.32. The zero-order chi connectivity index (χ0) is 17.1. The topological polar surface area (TPSA) is 66.1 Å². The van der Waals surface area contributed by atoms with Gasteiger partial charge in [-0.05, 0) is 17.7 Å². The largest absolute Gasteiger partial charge is 0.483 e. The molecule has 1 aromatic carbocycles. The first kappa shape index (κ1) is 15.9. The Kier molecular flexibility index (Phi) is 4.49. The summed E-state index contributed by atoms with van der Waals surface area (Å²) in [5, 5.41) is 7.66. The number of ether oxygens (including phenoxy) is 2. The van der Waals surface area contributed by atoms with Crippen molar-refractivity contribution >= 4 is 0 Å². The van der Waals surface area contributed by atoms with E-state index in [1.54, 1.807) is 23.4 Å². The normalized spacial score (nSPS) is 20.0. The lowest BCUT2D eigenvalue weighted by Crippen LogP contribution is -2.41. The standard InChI is InChI=1S/C18H21N5O2/c1-22-10-16(9-21-22)25-18-12-24-11-17(18)20-8-14-2-4-15(5-3-14)23-7-6-19-13-23/h2-7,9-10,13,17-18,20H,8,11-12H2,1H3/t17-,18+/m0/s1. The van der Waals surface area contributed by atoms with Crippen LogP contribution in [0, 0.1) is 0 Å². The van der Waals surface area contributed by atoms with Crippen LogP contribution in [0.4, 0.5) is 0 Å². The van der Waals surface area contributed by atoms with E-state index in [0.29, 0.717) is 13.2 Å². The number of nitrogens with one attached hydrogen (secondary N) is 1. The fourth-order valence-corrected chi connectivity index (χ4v) is 2.92. The fourth-order valence-electron chi connectivity index (χ4n) is 2.92. The third-order valence-electron chi connectivity index (χ3n) is 4.30. The molecule has 0 spiro atoms. The molecule has 2 atom stereocenters. The molecule has 0 bridgehead atoms. The number of nitrogens with zero attached hydrogens (tertiary/aromatic N) is 4. The summed E-state index contributed by atoms with van der Waals surface area (Å²) in [6, 6.07) is 8.58. The Morgan fingerprint density at radius 3 is 2.88 bits per heavy atom. The van der Waals surface area contributed by atoms with Crippen molar-refractivity contribution in [3.63, 3.8) is 0 Å². The molecule has 7 heteroatoms. The Hall–Kier alpha value is -2.64. The summed E-state index contributed by atoms with van der Waals surface area (Å²) in [7, 11) is 1.88. The smallest absolute Gasteiger partial charge is 0.157 e. The van der Waals surface area contributed by atoms with Gasteiger partial charge in [0.25, 0.3) is 0 Å². The molecule has 3 aromatic rings. The first-order valence-electron chi connectivity index (χ1n) is 8.31. The molecule has 3 heterocycles. The highest BCUT2D eigenvalue weighted by atomic mass is 16.5. The number of aromatic nitrogens is 4. The quantitative estimate of drug-likeness (QED) is 0.738. The molecule has 0 saturated carbocycles. The van der Waals surface area contributed by atoms with Crippen molar-refractivity contribution in [1.82, 2.24) is 24.6 Å². The van der Waals surface area contributed by atoms with E-state index in [2.05, 4.69) is 39.7 Å². The molecule has 1 aliphatic rings. The first-order valence-corrected chi connectivity index (χ1v) is 8.31. The van der Waals surface area contributed by atoms with E-state index in [0.717, 1.165) is 18.0 Å². The van der Waals surface area contributed by atoms with Crippen LogP contribution in [0.25, 0.3) is 5.69 Å². The number of hydrogen-bond donors (Lipinski definition) is 1. The monoisotopic (exact) mass is 339 g/mol. The second kappa shape index (κ2) is 7.08. The number of benzene rings is 1. The van der Waals surface area contributed by atoms with Gasteiger partial charge in [0, 0.05) is 31.7 Å². The second-order valence-corrected chi connectivity index (χ2v) is 6.17. The fraction of sp³-hybridized carbons (Fsp3) is 0.333. The van der Waals surface area contributed by atoms with Crippen molar-refractivity contribution in [3.05, 3.63) is 60.9 Å². The Morgan fingerprint density at radius 1 is 1.28 bits per heavy atom.